The molecule has 2 nitrogen and oxygen atoms in total. The molecule has 0 aliphatic carbocycles. The lowest BCUT2D eigenvalue weighted by molar-refractivity contribution is 0.490. The van der Waals surface area contributed by atoms with E-state index in [1.54, 1.807) is 6.08 Å². The van der Waals surface area contributed by atoms with E-state index in [0.29, 0.717) is 11.9 Å². The molecule has 0 fully saturated rings. The van der Waals surface area contributed by atoms with Crippen LogP contribution < -0.4 is 9.83 Å². The molecule has 3 aromatic carbocycles. The zero-order valence-corrected chi connectivity index (χ0v) is 14.1. The number of para-hydroxylation sites is 1. The third-order valence-corrected chi connectivity index (χ3v) is 6.70. The van der Waals surface area contributed by atoms with Gasteiger partial charge < -0.3 is 4.52 Å². The van der Waals surface area contributed by atoms with Crippen LogP contribution in [-0.2, 0) is 10.7 Å². The Morgan fingerprint density at radius 2 is 1.54 bits per heavy atom. The highest BCUT2D eigenvalue weighted by Crippen LogP contribution is 2.56. The minimum absolute atomic E-state index is 0.385. The van der Waals surface area contributed by atoms with E-state index < -0.39 is 7.37 Å². The molecular formula is C21H17O2P. The first kappa shape index (κ1) is 15.0. The molecule has 1 atom stereocenters. The summed E-state index contributed by atoms with van der Waals surface area (Å²) in [5, 5.41) is 0.802. The van der Waals surface area contributed by atoms with Crippen molar-refractivity contribution in [2.24, 2.45) is 0 Å². The minimum Gasteiger partial charge on any atom is -0.439 e. The Morgan fingerprint density at radius 1 is 0.875 bits per heavy atom. The van der Waals surface area contributed by atoms with Crippen molar-refractivity contribution in [2.45, 2.75) is 6.16 Å². The van der Waals surface area contributed by atoms with Gasteiger partial charge in [-0.15, -0.1) is 0 Å². The second-order valence-electron chi connectivity index (χ2n) is 5.88. The normalized spacial score (nSPS) is 18.2. The molecule has 3 aromatic rings. The zero-order chi connectivity index (χ0) is 16.6. The fourth-order valence-corrected chi connectivity index (χ4v) is 5.47. The van der Waals surface area contributed by atoms with Crippen LogP contribution in [0.15, 0.2) is 79.4 Å². The molecule has 4 rings (SSSR count). The van der Waals surface area contributed by atoms with Crippen molar-refractivity contribution in [3.05, 3.63) is 90.5 Å². The van der Waals surface area contributed by atoms with Crippen LogP contribution in [0, 0.1) is 0 Å². The third kappa shape index (κ3) is 2.50. The van der Waals surface area contributed by atoms with Crippen LogP contribution in [0.5, 0.6) is 5.75 Å². The summed E-state index contributed by atoms with van der Waals surface area (Å²) in [6, 6.07) is 23.6. The van der Waals surface area contributed by atoms with E-state index in [-0.39, 0.29) is 0 Å². The van der Waals surface area contributed by atoms with E-state index in [2.05, 4.69) is 6.58 Å². The van der Waals surface area contributed by atoms with Gasteiger partial charge in [0.25, 0.3) is 7.37 Å². The van der Waals surface area contributed by atoms with Crippen molar-refractivity contribution in [1.82, 2.24) is 0 Å². The van der Waals surface area contributed by atoms with Crippen molar-refractivity contribution < 1.29 is 9.09 Å². The highest BCUT2D eigenvalue weighted by atomic mass is 31.2. The van der Waals surface area contributed by atoms with Crippen LogP contribution in [0.1, 0.15) is 11.1 Å². The average Bonchev–Trinajstić information content (AvgIpc) is 2.62. The smallest absolute Gasteiger partial charge is 0.282 e. The maximum atomic E-state index is 13.7. The van der Waals surface area contributed by atoms with Gasteiger partial charge in [0.2, 0.25) is 0 Å². The molecule has 0 spiro atoms. The molecule has 1 unspecified atom stereocenters. The molecule has 0 radical (unpaired) electrons. The molecule has 0 saturated heterocycles. The largest absolute Gasteiger partial charge is 0.439 e. The molecule has 0 N–H and O–H groups in total. The van der Waals surface area contributed by atoms with Crippen LogP contribution in [-0.4, -0.2) is 0 Å². The predicted molar refractivity (Wildman–Crippen MR) is 100.0 cm³/mol. The van der Waals surface area contributed by atoms with Crippen molar-refractivity contribution in [3.63, 3.8) is 0 Å². The summed E-state index contributed by atoms with van der Waals surface area (Å²) < 4.78 is 19.7. The average molecular weight is 332 g/mol. The fourth-order valence-electron chi connectivity index (χ4n) is 3.09. The van der Waals surface area contributed by atoms with Crippen LogP contribution >= 0.6 is 7.37 Å². The number of hydrogen-bond donors (Lipinski definition) is 0. The maximum Gasteiger partial charge on any atom is 0.282 e. The van der Waals surface area contributed by atoms with Crippen LogP contribution in [0.2, 0.25) is 0 Å². The molecule has 118 valence electrons. The molecule has 24 heavy (non-hydrogen) atoms. The Kier molecular flexibility index (Phi) is 3.63. The number of fused-ring (bicyclic) bond motifs is 3. The summed E-state index contributed by atoms with van der Waals surface area (Å²) in [6.07, 6.45) is 2.18. The summed E-state index contributed by atoms with van der Waals surface area (Å²) in [5.41, 5.74) is 4.05. The molecule has 0 amide bonds. The Balaban J connectivity index is 1.80. The summed E-state index contributed by atoms with van der Waals surface area (Å²) in [6.45, 7) is 3.77. The van der Waals surface area contributed by atoms with E-state index in [0.717, 1.165) is 27.6 Å². The Labute approximate surface area is 141 Å². The second-order valence-corrected chi connectivity index (χ2v) is 8.21. The van der Waals surface area contributed by atoms with Gasteiger partial charge in [0.15, 0.2) is 0 Å². The molecule has 0 aromatic heterocycles. The van der Waals surface area contributed by atoms with E-state index >= 15 is 0 Å². The van der Waals surface area contributed by atoms with Gasteiger partial charge in [-0.3, -0.25) is 4.57 Å². The highest BCUT2D eigenvalue weighted by molar-refractivity contribution is 7.67. The second kappa shape index (κ2) is 5.81. The Hall–Kier alpha value is -2.57. The first-order valence-electron chi connectivity index (χ1n) is 7.89. The summed E-state index contributed by atoms with van der Waals surface area (Å²) in [7, 11) is -3.01. The lowest BCUT2D eigenvalue weighted by Crippen LogP contribution is -2.18. The van der Waals surface area contributed by atoms with E-state index in [4.69, 9.17) is 4.52 Å². The molecule has 1 aliphatic heterocycles. The number of benzene rings is 3. The fraction of sp³-hybridized carbons (Fsp3) is 0.0476. The van der Waals surface area contributed by atoms with Crippen LogP contribution in [0.25, 0.3) is 17.2 Å². The maximum absolute atomic E-state index is 13.7. The van der Waals surface area contributed by atoms with Crippen LogP contribution in [0.4, 0.5) is 0 Å². The van der Waals surface area contributed by atoms with E-state index in [1.807, 2.05) is 72.8 Å². The monoisotopic (exact) mass is 332 g/mol. The van der Waals surface area contributed by atoms with Crippen LogP contribution in [0.3, 0.4) is 0 Å². The van der Waals surface area contributed by atoms with Gasteiger partial charge in [0, 0.05) is 5.56 Å². The molecule has 0 saturated carbocycles. The highest BCUT2D eigenvalue weighted by Gasteiger charge is 2.35. The lowest BCUT2D eigenvalue weighted by Gasteiger charge is -2.28. The molecule has 0 bridgehead atoms. The standard InChI is InChI=1S/C21H17O2P/c1-2-16-11-13-17(14-12-16)15-24(22)21-10-6-4-8-19(21)18-7-3-5-9-20(18)23-24/h2-14H,1,15H2. The van der Waals surface area contributed by atoms with Gasteiger partial charge in [-0.05, 0) is 28.8 Å². The predicted octanol–water partition coefficient (Wildman–Crippen LogP) is 5.49. The van der Waals surface area contributed by atoms with Gasteiger partial charge in [0.05, 0.1) is 11.5 Å². The van der Waals surface area contributed by atoms with E-state index in [9.17, 15) is 4.57 Å². The van der Waals surface area contributed by atoms with Crippen molar-refractivity contribution in [3.8, 4) is 16.9 Å². The summed E-state index contributed by atoms with van der Waals surface area (Å²) >= 11 is 0. The van der Waals surface area contributed by atoms with Gasteiger partial charge >= 0.3 is 0 Å². The van der Waals surface area contributed by atoms with Crippen molar-refractivity contribution in [1.29, 1.82) is 0 Å². The number of rotatable bonds is 3. The molecule has 1 aliphatic rings. The van der Waals surface area contributed by atoms with Gasteiger partial charge in [-0.2, -0.15) is 0 Å². The van der Waals surface area contributed by atoms with Gasteiger partial charge in [0.1, 0.15) is 5.75 Å². The molecule has 3 heteroatoms. The van der Waals surface area contributed by atoms with Crippen molar-refractivity contribution in [2.75, 3.05) is 0 Å². The third-order valence-electron chi connectivity index (χ3n) is 4.30. The molecule has 1 heterocycles. The summed E-state index contributed by atoms with van der Waals surface area (Å²) in [4.78, 5) is 0. The lowest BCUT2D eigenvalue weighted by atomic mass is 10.0. The number of hydrogen-bond acceptors (Lipinski definition) is 2. The zero-order valence-electron chi connectivity index (χ0n) is 13.2. The Morgan fingerprint density at radius 3 is 2.29 bits per heavy atom. The quantitative estimate of drug-likeness (QED) is 0.593. The topological polar surface area (TPSA) is 26.3 Å². The van der Waals surface area contributed by atoms with Gasteiger partial charge in [-0.25, -0.2) is 0 Å². The van der Waals surface area contributed by atoms with Gasteiger partial charge in [-0.1, -0.05) is 73.3 Å². The van der Waals surface area contributed by atoms with Crippen molar-refractivity contribution >= 4 is 18.7 Å². The first-order valence-corrected chi connectivity index (χ1v) is 9.70. The SMILES string of the molecule is C=Cc1ccc(CP2(=O)Oc3ccccc3-c3ccccc32)cc1. The minimum atomic E-state index is -3.01. The van der Waals surface area contributed by atoms with E-state index in [1.165, 1.54) is 0 Å². The Bertz CT molecular complexity index is 958. The molecular weight excluding hydrogens is 315 g/mol. The first-order chi connectivity index (χ1) is 11.7. The summed E-state index contributed by atoms with van der Waals surface area (Å²) in [5.74, 6) is 0.697.